The molecule has 14 heavy (non-hydrogen) atoms. The summed E-state index contributed by atoms with van der Waals surface area (Å²) in [6.45, 7) is 6.48. The highest BCUT2D eigenvalue weighted by molar-refractivity contribution is 7.14. The van der Waals surface area contributed by atoms with Crippen LogP contribution in [0.5, 0.6) is 0 Å². The molecule has 0 bridgehead atoms. The van der Waals surface area contributed by atoms with Gasteiger partial charge in [0.2, 0.25) is 0 Å². The lowest BCUT2D eigenvalue weighted by Crippen LogP contribution is -2.16. The van der Waals surface area contributed by atoms with E-state index in [1.807, 2.05) is 0 Å². The van der Waals surface area contributed by atoms with Crippen LogP contribution in [0.4, 0.5) is 0 Å². The van der Waals surface area contributed by atoms with Crippen molar-refractivity contribution < 1.29 is 9.90 Å². The van der Waals surface area contributed by atoms with Crippen LogP contribution in [0.3, 0.4) is 0 Å². The summed E-state index contributed by atoms with van der Waals surface area (Å²) in [6, 6.07) is 3.36. The van der Waals surface area contributed by atoms with Crippen molar-refractivity contribution in [3.63, 3.8) is 0 Å². The second-order valence-corrected chi connectivity index (χ2v) is 9.80. The summed E-state index contributed by atoms with van der Waals surface area (Å²) in [4.78, 5) is 11.8. The largest absolute Gasteiger partial charge is 0.477 e. The number of carboxylic acid groups (broad SMARTS) is 1. The maximum absolute atomic E-state index is 10.6. The maximum Gasteiger partial charge on any atom is 0.345 e. The summed E-state index contributed by atoms with van der Waals surface area (Å²) in [6.07, 6.45) is 0. The minimum absolute atomic E-state index is 0.352. The van der Waals surface area contributed by atoms with Crippen molar-refractivity contribution in [3.05, 3.63) is 21.9 Å². The smallest absolute Gasteiger partial charge is 0.345 e. The van der Waals surface area contributed by atoms with Crippen molar-refractivity contribution in [2.24, 2.45) is 0 Å². The summed E-state index contributed by atoms with van der Waals surface area (Å²) in [5.74, 6) is 2.15. The third-order valence-corrected chi connectivity index (χ3v) is 3.24. The van der Waals surface area contributed by atoms with Crippen LogP contribution < -0.4 is 0 Å². The van der Waals surface area contributed by atoms with Gasteiger partial charge in [0.25, 0.3) is 0 Å². The van der Waals surface area contributed by atoms with Crippen molar-refractivity contribution in [1.29, 1.82) is 0 Å². The van der Waals surface area contributed by atoms with Crippen molar-refractivity contribution in [3.8, 4) is 11.5 Å². The second kappa shape index (κ2) is 3.99. The highest BCUT2D eigenvalue weighted by atomic mass is 32.1. The first kappa shape index (κ1) is 11.0. The van der Waals surface area contributed by atoms with Crippen LogP contribution in [0.15, 0.2) is 12.1 Å². The molecule has 1 rings (SSSR count). The van der Waals surface area contributed by atoms with E-state index in [9.17, 15) is 4.79 Å². The minimum Gasteiger partial charge on any atom is -0.477 e. The average Bonchev–Trinajstić information content (AvgIpc) is 2.47. The number of carboxylic acids is 1. The van der Waals surface area contributed by atoms with Gasteiger partial charge in [-0.2, -0.15) is 0 Å². The lowest BCUT2D eigenvalue weighted by atomic mass is 10.4. The Labute approximate surface area is 88.6 Å². The number of aromatic carboxylic acids is 1. The number of rotatable bonds is 1. The molecule has 0 fully saturated rings. The zero-order chi connectivity index (χ0) is 10.8. The fourth-order valence-corrected chi connectivity index (χ4v) is 2.07. The monoisotopic (exact) mass is 224 g/mol. The highest BCUT2D eigenvalue weighted by Crippen LogP contribution is 2.15. The first-order valence-corrected chi connectivity index (χ1v) is 8.56. The van der Waals surface area contributed by atoms with E-state index >= 15 is 0 Å². The Hall–Kier alpha value is -1.05. The normalized spacial score (nSPS) is 10.5. The molecule has 0 unspecified atom stereocenters. The molecular weight excluding hydrogens is 212 g/mol. The molecule has 1 heterocycles. The van der Waals surface area contributed by atoms with Gasteiger partial charge in [0.1, 0.15) is 13.0 Å². The van der Waals surface area contributed by atoms with E-state index in [1.54, 1.807) is 12.1 Å². The summed E-state index contributed by atoms with van der Waals surface area (Å²) >= 11 is 1.23. The Morgan fingerprint density at radius 1 is 1.43 bits per heavy atom. The second-order valence-electron chi connectivity index (χ2n) is 3.97. The van der Waals surface area contributed by atoms with Crippen LogP contribution in [0.25, 0.3) is 0 Å². The summed E-state index contributed by atoms with van der Waals surface area (Å²) in [7, 11) is -1.36. The van der Waals surface area contributed by atoms with E-state index in [4.69, 9.17) is 5.11 Å². The fourth-order valence-electron chi connectivity index (χ4n) is 0.769. The summed E-state index contributed by atoms with van der Waals surface area (Å²) < 4.78 is 0. The number of hydrogen-bond donors (Lipinski definition) is 1. The third kappa shape index (κ3) is 3.36. The quantitative estimate of drug-likeness (QED) is 0.588. The van der Waals surface area contributed by atoms with Gasteiger partial charge in [-0.1, -0.05) is 25.6 Å². The van der Waals surface area contributed by atoms with Crippen molar-refractivity contribution >= 4 is 25.4 Å². The van der Waals surface area contributed by atoms with Gasteiger partial charge in [-0.15, -0.1) is 16.9 Å². The van der Waals surface area contributed by atoms with Crippen molar-refractivity contribution in [2.45, 2.75) is 19.6 Å². The number of thiophene rings is 1. The number of hydrogen-bond acceptors (Lipinski definition) is 2. The van der Waals surface area contributed by atoms with Crippen LogP contribution >= 0.6 is 11.3 Å². The van der Waals surface area contributed by atoms with E-state index in [0.717, 1.165) is 4.88 Å². The average molecular weight is 224 g/mol. The Kier molecular flexibility index (Phi) is 3.14. The standard InChI is InChI=1S/C10H12O2SSi/c1-14(2,3)7-6-8-4-5-9(13-8)10(11)12/h4-5H,1-3H3,(H,11,12). The Morgan fingerprint density at radius 3 is 2.50 bits per heavy atom. The molecule has 0 saturated carbocycles. The molecule has 1 aromatic rings. The highest BCUT2D eigenvalue weighted by Gasteiger charge is 2.08. The van der Waals surface area contributed by atoms with Crippen LogP contribution in [0.1, 0.15) is 14.5 Å². The molecule has 0 aliphatic heterocycles. The van der Waals surface area contributed by atoms with Crippen LogP contribution in [-0.4, -0.2) is 19.1 Å². The zero-order valence-electron chi connectivity index (χ0n) is 8.42. The van der Waals surface area contributed by atoms with Gasteiger partial charge in [-0.3, -0.25) is 0 Å². The van der Waals surface area contributed by atoms with Crippen LogP contribution in [0, 0.1) is 11.5 Å². The van der Waals surface area contributed by atoms with E-state index in [-0.39, 0.29) is 0 Å². The van der Waals surface area contributed by atoms with E-state index in [2.05, 4.69) is 31.1 Å². The van der Waals surface area contributed by atoms with Crippen LogP contribution in [-0.2, 0) is 0 Å². The van der Waals surface area contributed by atoms with Gasteiger partial charge in [0.15, 0.2) is 0 Å². The van der Waals surface area contributed by atoms with Crippen LogP contribution in [0.2, 0.25) is 19.6 Å². The number of carbonyl (C=O) groups is 1. The van der Waals surface area contributed by atoms with Gasteiger partial charge in [0.05, 0.1) is 4.88 Å². The Balaban J connectivity index is 2.87. The molecule has 0 radical (unpaired) electrons. The topological polar surface area (TPSA) is 37.3 Å². The molecule has 0 atom stereocenters. The van der Waals surface area contributed by atoms with E-state index < -0.39 is 14.0 Å². The molecule has 0 spiro atoms. The first-order chi connectivity index (χ1) is 6.38. The summed E-state index contributed by atoms with van der Waals surface area (Å²) in [5.41, 5.74) is 3.20. The molecule has 2 nitrogen and oxygen atoms in total. The predicted octanol–water partition coefficient (Wildman–Crippen LogP) is 2.68. The lowest BCUT2D eigenvalue weighted by molar-refractivity contribution is 0.0702. The molecule has 0 aromatic carbocycles. The van der Waals surface area contributed by atoms with E-state index in [0.29, 0.717) is 4.88 Å². The predicted molar refractivity (Wildman–Crippen MR) is 61.5 cm³/mol. The van der Waals surface area contributed by atoms with Gasteiger partial charge in [0, 0.05) is 0 Å². The molecule has 0 aliphatic carbocycles. The maximum atomic E-state index is 10.6. The van der Waals surface area contributed by atoms with Crippen molar-refractivity contribution in [1.82, 2.24) is 0 Å². The molecule has 1 aromatic heterocycles. The molecule has 0 aliphatic rings. The molecular formula is C10H12O2SSi. The Bertz CT molecular complexity index is 404. The van der Waals surface area contributed by atoms with Gasteiger partial charge >= 0.3 is 5.97 Å². The summed E-state index contributed by atoms with van der Waals surface area (Å²) in [5, 5.41) is 8.70. The van der Waals surface area contributed by atoms with Gasteiger partial charge in [-0.25, -0.2) is 4.79 Å². The van der Waals surface area contributed by atoms with Gasteiger partial charge < -0.3 is 5.11 Å². The molecule has 0 saturated heterocycles. The molecule has 1 N–H and O–H groups in total. The minimum atomic E-state index is -1.36. The molecule has 0 amide bonds. The molecule has 74 valence electrons. The first-order valence-electron chi connectivity index (χ1n) is 4.25. The fraction of sp³-hybridized carbons (Fsp3) is 0.300. The lowest BCUT2D eigenvalue weighted by Gasteiger charge is -2.02. The zero-order valence-corrected chi connectivity index (χ0v) is 10.2. The third-order valence-electron chi connectivity index (χ3n) is 1.38. The van der Waals surface area contributed by atoms with Gasteiger partial charge in [-0.05, 0) is 12.1 Å². The Morgan fingerprint density at radius 2 is 2.07 bits per heavy atom. The molecule has 4 heteroatoms. The SMILES string of the molecule is C[Si](C)(C)C#Cc1ccc(C(=O)O)s1. The van der Waals surface area contributed by atoms with E-state index in [1.165, 1.54) is 11.3 Å². The van der Waals surface area contributed by atoms with Crippen molar-refractivity contribution in [2.75, 3.05) is 0 Å².